The molecular formula is C15H13ClN2O4. The van der Waals surface area contributed by atoms with E-state index in [9.17, 15) is 9.90 Å². The van der Waals surface area contributed by atoms with Crippen LogP contribution in [-0.4, -0.2) is 28.9 Å². The number of carbonyl (C=O) groups is 1. The van der Waals surface area contributed by atoms with Gasteiger partial charge in [-0.1, -0.05) is 17.7 Å². The van der Waals surface area contributed by atoms with Gasteiger partial charge in [0.25, 0.3) is 5.91 Å². The number of carbonyl (C=O) groups excluding carboxylic acids is 1. The summed E-state index contributed by atoms with van der Waals surface area (Å²) in [5.41, 5.74) is 2.61. The molecule has 0 fully saturated rings. The van der Waals surface area contributed by atoms with E-state index in [4.69, 9.17) is 21.4 Å². The second-order valence-electron chi connectivity index (χ2n) is 4.28. The number of benzene rings is 2. The third-order valence-electron chi connectivity index (χ3n) is 2.57. The summed E-state index contributed by atoms with van der Waals surface area (Å²) in [6.45, 7) is -0.223. The van der Waals surface area contributed by atoms with Crippen LogP contribution in [0.15, 0.2) is 47.6 Å². The highest BCUT2D eigenvalue weighted by Crippen LogP contribution is 2.20. The van der Waals surface area contributed by atoms with Crippen LogP contribution in [0, 0.1) is 0 Å². The van der Waals surface area contributed by atoms with Crippen molar-refractivity contribution in [2.75, 3.05) is 6.61 Å². The minimum atomic E-state index is -0.463. The summed E-state index contributed by atoms with van der Waals surface area (Å²) in [5.74, 6) is -0.195. The predicted molar refractivity (Wildman–Crippen MR) is 82.5 cm³/mol. The first-order chi connectivity index (χ1) is 10.5. The number of ether oxygens (including phenoxy) is 1. The maximum Gasteiger partial charge on any atom is 0.277 e. The quantitative estimate of drug-likeness (QED) is 0.582. The maximum atomic E-state index is 11.5. The number of phenols is 2. The Balaban J connectivity index is 1.83. The molecule has 6 nitrogen and oxygen atoms in total. The van der Waals surface area contributed by atoms with Gasteiger partial charge in [-0.2, -0.15) is 5.10 Å². The summed E-state index contributed by atoms with van der Waals surface area (Å²) in [6.07, 6.45) is 1.26. The molecule has 0 aliphatic heterocycles. The van der Waals surface area contributed by atoms with E-state index >= 15 is 0 Å². The van der Waals surface area contributed by atoms with Crippen LogP contribution in [0.25, 0.3) is 0 Å². The zero-order valence-corrected chi connectivity index (χ0v) is 12.1. The number of amides is 1. The lowest BCUT2D eigenvalue weighted by atomic mass is 10.2. The van der Waals surface area contributed by atoms with Crippen molar-refractivity contribution >= 4 is 23.7 Å². The molecule has 22 heavy (non-hydrogen) atoms. The summed E-state index contributed by atoms with van der Waals surface area (Å²) >= 11 is 5.79. The molecule has 0 saturated carbocycles. The van der Waals surface area contributed by atoms with E-state index in [1.54, 1.807) is 24.3 Å². The lowest BCUT2D eigenvalue weighted by Crippen LogP contribution is -2.24. The molecule has 0 bridgehead atoms. The predicted octanol–water partition coefficient (Wildman–Crippen LogP) is 2.28. The molecule has 0 spiro atoms. The van der Waals surface area contributed by atoms with E-state index in [1.807, 2.05) is 0 Å². The van der Waals surface area contributed by atoms with Crippen LogP contribution in [0.1, 0.15) is 5.56 Å². The molecule has 0 heterocycles. The molecular weight excluding hydrogens is 308 g/mol. The third-order valence-corrected chi connectivity index (χ3v) is 2.81. The summed E-state index contributed by atoms with van der Waals surface area (Å²) in [7, 11) is 0. The highest BCUT2D eigenvalue weighted by atomic mass is 35.5. The van der Waals surface area contributed by atoms with E-state index in [2.05, 4.69) is 10.5 Å². The van der Waals surface area contributed by atoms with Crippen molar-refractivity contribution < 1.29 is 19.7 Å². The second-order valence-corrected chi connectivity index (χ2v) is 4.72. The number of halogens is 1. The Hall–Kier alpha value is -2.73. The highest BCUT2D eigenvalue weighted by Gasteiger charge is 2.03. The molecule has 2 aromatic carbocycles. The SMILES string of the molecule is O=C(COc1cccc(Cl)c1)N/N=C/c1ccc(O)cc1O. The number of phenolic OH excluding ortho intramolecular Hbond substituents is 2. The van der Waals surface area contributed by atoms with Gasteiger partial charge in [0.1, 0.15) is 17.2 Å². The van der Waals surface area contributed by atoms with Crippen molar-refractivity contribution in [1.82, 2.24) is 5.43 Å². The molecule has 0 aliphatic carbocycles. The van der Waals surface area contributed by atoms with Gasteiger partial charge >= 0.3 is 0 Å². The number of rotatable bonds is 5. The van der Waals surface area contributed by atoms with Crippen LogP contribution in [0.2, 0.25) is 5.02 Å². The van der Waals surface area contributed by atoms with Crippen molar-refractivity contribution in [2.24, 2.45) is 5.10 Å². The standard InChI is InChI=1S/C15H13ClN2O4/c16-11-2-1-3-13(6-11)22-9-15(21)18-17-8-10-4-5-12(19)7-14(10)20/h1-8,19-20H,9H2,(H,18,21)/b17-8+. The Morgan fingerprint density at radius 3 is 2.82 bits per heavy atom. The monoisotopic (exact) mass is 320 g/mol. The van der Waals surface area contributed by atoms with Crippen LogP contribution in [0.5, 0.6) is 17.2 Å². The van der Waals surface area contributed by atoms with Crippen LogP contribution in [-0.2, 0) is 4.79 Å². The number of aromatic hydroxyl groups is 2. The van der Waals surface area contributed by atoms with Crippen molar-refractivity contribution in [1.29, 1.82) is 0 Å². The maximum absolute atomic E-state index is 11.5. The van der Waals surface area contributed by atoms with Crippen molar-refractivity contribution in [3.05, 3.63) is 53.1 Å². The Labute approximate surface area is 131 Å². The van der Waals surface area contributed by atoms with Gasteiger partial charge in [-0.25, -0.2) is 5.43 Å². The molecule has 0 saturated heterocycles. The van der Waals surface area contributed by atoms with Crippen LogP contribution in [0.4, 0.5) is 0 Å². The molecule has 3 N–H and O–H groups in total. The Kier molecular flexibility index (Phi) is 5.21. The number of hydrogen-bond donors (Lipinski definition) is 3. The van der Waals surface area contributed by atoms with E-state index in [-0.39, 0.29) is 18.1 Å². The number of nitrogens with one attached hydrogen (secondary N) is 1. The first-order valence-corrected chi connectivity index (χ1v) is 6.64. The average molecular weight is 321 g/mol. The van der Waals surface area contributed by atoms with Gasteiger partial charge in [0, 0.05) is 16.7 Å². The van der Waals surface area contributed by atoms with Crippen molar-refractivity contribution in [2.45, 2.75) is 0 Å². The Bertz CT molecular complexity index is 704. The summed E-state index contributed by atoms with van der Waals surface area (Å²) in [5, 5.41) is 22.9. The van der Waals surface area contributed by atoms with Gasteiger partial charge < -0.3 is 14.9 Å². The van der Waals surface area contributed by atoms with Gasteiger partial charge in [-0.05, 0) is 30.3 Å². The lowest BCUT2D eigenvalue weighted by molar-refractivity contribution is -0.123. The van der Waals surface area contributed by atoms with Gasteiger partial charge in [-0.3, -0.25) is 4.79 Å². The molecule has 2 aromatic rings. The largest absolute Gasteiger partial charge is 0.508 e. The topological polar surface area (TPSA) is 91.2 Å². The molecule has 2 rings (SSSR count). The first kappa shape index (κ1) is 15.7. The van der Waals surface area contributed by atoms with E-state index in [0.29, 0.717) is 16.3 Å². The fraction of sp³-hybridized carbons (Fsp3) is 0.0667. The second kappa shape index (κ2) is 7.33. The lowest BCUT2D eigenvalue weighted by Gasteiger charge is -2.05. The van der Waals surface area contributed by atoms with E-state index < -0.39 is 5.91 Å². The van der Waals surface area contributed by atoms with Crippen molar-refractivity contribution in [3.63, 3.8) is 0 Å². The fourth-order valence-corrected chi connectivity index (χ4v) is 1.73. The van der Waals surface area contributed by atoms with Gasteiger partial charge in [0.15, 0.2) is 6.61 Å². The molecule has 0 aliphatic rings. The summed E-state index contributed by atoms with van der Waals surface area (Å²) < 4.78 is 5.24. The molecule has 0 radical (unpaired) electrons. The molecule has 7 heteroatoms. The Morgan fingerprint density at radius 1 is 1.27 bits per heavy atom. The fourth-order valence-electron chi connectivity index (χ4n) is 1.55. The van der Waals surface area contributed by atoms with Crippen LogP contribution >= 0.6 is 11.6 Å². The number of hydrogen-bond acceptors (Lipinski definition) is 5. The zero-order valence-electron chi connectivity index (χ0n) is 11.4. The summed E-state index contributed by atoms with van der Waals surface area (Å²) in [6, 6.07) is 10.7. The number of nitrogens with zero attached hydrogens (tertiary/aromatic N) is 1. The third kappa shape index (κ3) is 4.68. The van der Waals surface area contributed by atoms with E-state index in [0.717, 1.165) is 0 Å². The van der Waals surface area contributed by atoms with Crippen LogP contribution in [0.3, 0.4) is 0 Å². The number of hydrazone groups is 1. The van der Waals surface area contributed by atoms with E-state index in [1.165, 1.54) is 24.4 Å². The van der Waals surface area contributed by atoms with Gasteiger partial charge in [0.05, 0.1) is 6.21 Å². The highest BCUT2D eigenvalue weighted by molar-refractivity contribution is 6.30. The van der Waals surface area contributed by atoms with Gasteiger partial charge in [0.2, 0.25) is 0 Å². The molecule has 0 unspecified atom stereocenters. The summed E-state index contributed by atoms with van der Waals surface area (Å²) in [4.78, 5) is 11.5. The minimum Gasteiger partial charge on any atom is -0.508 e. The average Bonchev–Trinajstić information content (AvgIpc) is 2.47. The molecule has 0 aromatic heterocycles. The molecule has 1 amide bonds. The zero-order chi connectivity index (χ0) is 15.9. The minimum absolute atomic E-state index is 0.0615. The van der Waals surface area contributed by atoms with Crippen molar-refractivity contribution in [3.8, 4) is 17.2 Å². The first-order valence-electron chi connectivity index (χ1n) is 6.27. The molecule has 0 atom stereocenters. The van der Waals surface area contributed by atoms with Crippen LogP contribution < -0.4 is 10.2 Å². The molecule has 114 valence electrons. The van der Waals surface area contributed by atoms with Gasteiger partial charge in [-0.15, -0.1) is 0 Å². The normalized spacial score (nSPS) is 10.6. The smallest absolute Gasteiger partial charge is 0.277 e. The Morgan fingerprint density at radius 2 is 2.09 bits per heavy atom.